The molecule has 5 heteroatoms. The lowest BCUT2D eigenvalue weighted by Crippen LogP contribution is -2.22. The zero-order valence-corrected chi connectivity index (χ0v) is 13.3. The lowest BCUT2D eigenvalue weighted by atomic mass is 10.2. The van der Waals surface area contributed by atoms with Crippen LogP contribution in [0.5, 0.6) is 5.75 Å². The van der Waals surface area contributed by atoms with Crippen molar-refractivity contribution in [2.24, 2.45) is 0 Å². The van der Waals surface area contributed by atoms with E-state index in [0.717, 1.165) is 23.5 Å². The van der Waals surface area contributed by atoms with Crippen LogP contribution in [0.4, 0.5) is 5.69 Å². The normalized spacial score (nSPS) is 10.5. The molecule has 1 aromatic heterocycles. The summed E-state index contributed by atoms with van der Waals surface area (Å²) in [7, 11) is 1.64. The van der Waals surface area contributed by atoms with Gasteiger partial charge in [0.1, 0.15) is 5.75 Å². The van der Waals surface area contributed by atoms with Gasteiger partial charge in [-0.15, -0.1) is 10.2 Å². The van der Waals surface area contributed by atoms with Crippen molar-refractivity contribution >= 4 is 5.69 Å². The number of hydrogen-bond acceptors (Lipinski definition) is 5. The van der Waals surface area contributed by atoms with Crippen molar-refractivity contribution in [3.8, 4) is 17.2 Å². The van der Waals surface area contributed by atoms with E-state index in [9.17, 15) is 0 Å². The van der Waals surface area contributed by atoms with Gasteiger partial charge in [0.05, 0.1) is 13.7 Å². The van der Waals surface area contributed by atoms with Gasteiger partial charge < -0.3 is 14.1 Å². The molecule has 0 N–H and O–H groups in total. The largest absolute Gasteiger partial charge is 0.497 e. The van der Waals surface area contributed by atoms with Crippen molar-refractivity contribution in [1.29, 1.82) is 0 Å². The van der Waals surface area contributed by atoms with Crippen molar-refractivity contribution in [1.82, 2.24) is 10.2 Å². The monoisotopic (exact) mass is 309 g/mol. The van der Waals surface area contributed by atoms with E-state index in [4.69, 9.17) is 9.15 Å². The maximum Gasteiger partial charge on any atom is 0.247 e. The molecular formula is C18H19N3O2. The molecule has 0 radical (unpaired) electrons. The van der Waals surface area contributed by atoms with E-state index >= 15 is 0 Å². The standard InChI is InChI=1S/C18H19N3O2/c1-3-21(15-9-5-4-6-10-15)13-17-19-20-18(23-17)14-8-7-11-16(12-14)22-2/h4-12H,3,13H2,1-2H3. The molecule has 2 aromatic carbocycles. The third-order valence-electron chi connectivity index (χ3n) is 3.61. The minimum Gasteiger partial charge on any atom is -0.497 e. The summed E-state index contributed by atoms with van der Waals surface area (Å²) < 4.78 is 11.0. The Morgan fingerprint density at radius 1 is 1.04 bits per heavy atom. The summed E-state index contributed by atoms with van der Waals surface area (Å²) in [6, 6.07) is 17.8. The van der Waals surface area contributed by atoms with E-state index in [-0.39, 0.29) is 0 Å². The number of benzene rings is 2. The molecule has 0 saturated heterocycles. The van der Waals surface area contributed by atoms with Crippen LogP contribution in [0.2, 0.25) is 0 Å². The molecule has 5 nitrogen and oxygen atoms in total. The molecule has 0 aliphatic rings. The van der Waals surface area contributed by atoms with Crippen molar-refractivity contribution in [2.75, 3.05) is 18.6 Å². The van der Waals surface area contributed by atoms with Gasteiger partial charge in [0.15, 0.2) is 0 Å². The smallest absolute Gasteiger partial charge is 0.247 e. The second-order valence-corrected chi connectivity index (χ2v) is 5.08. The van der Waals surface area contributed by atoms with E-state index < -0.39 is 0 Å². The lowest BCUT2D eigenvalue weighted by molar-refractivity contribution is 0.414. The number of para-hydroxylation sites is 1. The summed E-state index contributed by atoms with van der Waals surface area (Å²) in [5, 5.41) is 8.31. The van der Waals surface area contributed by atoms with Gasteiger partial charge in [-0.2, -0.15) is 0 Å². The summed E-state index contributed by atoms with van der Waals surface area (Å²) in [6.07, 6.45) is 0. The second kappa shape index (κ2) is 6.96. The summed E-state index contributed by atoms with van der Waals surface area (Å²) in [5.74, 6) is 1.86. The Labute approximate surface area is 135 Å². The van der Waals surface area contributed by atoms with Crippen molar-refractivity contribution in [2.45, 2.75) is 13.5 Å². The first-order valence-corrected chi connectivity index (χ1v) is 7.57. The van der Waals surface area contributed by atoms with Gasteiger partial charge >= 0.3 is 0 Å². The highest BCUT2D eigenvalue weighted by Crippen LogP contribution is 2.23. The quantitative estimate of drug-likeness (QED) is 0.693. The van der Waals surface area contributed by atoms with Gasteiger partial charge in [-0.3, -0.25) is 0 Å². The molecule has 118 valence electrons. The predicted octanol–water partition coefficient (Wildman–Crippen LogP) is 3.77. The van der Waals surface area contributed by atoms with Gasteiger partial charge in [0.2, 0.25) is 11.8 Å². The van der Waals surface area contributed by atoms with Crippen LogP contribution in [-0.2, 0) is 6.54 Å². The number of ether oxygens (including phenoxy) is 1. The third-order valence-corrected chi connectivity index (χ3v) is 3.61. The number of aromatic nitrogens is 2. The molecule has 3 rings (SSSR count). The fraction of sp³-hybridized carbons (Fsp3) is 0.222. The number of rotatable bonds is 6. The van der Waals surface area contributed by atoms with E-state index in [1.165, 1.54) is 0 Å². The summed E-state index contributed by atoms with van der Waals surface area (Å²) >= 11 is 0. The predicted molar refractivity (Wildman–Crippen MR) is 89.5 cm³/mol. The third kappa shape index (κ3) is 3.51. The molecule has 0 unspecified atom stereocenters. The summed E-state index contributed by atoms with van der Waals surface area (Å²) in [5.41, 5.74) is 1.99. The van der Waals surface area contributed by atoms with Crippen LogP contribution < -0.4 is 9.64 Å². The number of methoxy groups -OCH3 is 1. The molecule has 0 amide bonds. The molecule has 23 heavy (non-hydrogen) atoms. The van der Waals surface area contributed by atoms with Crippen LogP contribution >= 0.6 is 0 Å². The molecule has 0 spiro atoms. The van der Waals surface area contributed by atoms with Gasteiger partial charge in [-0.1, -0.05) is 24.3 Å². The highest BCUT2D eigenvalue weighted by Gasteiger charge is 2.13. The van der Waals surface area contributed by atoms with Crippen molar-refractivity contribution in [3.63, 3.8) is 0 Å². The van der Waals surface area contributed by atoms with Gasteiger partial charge in [-0.05, 0) is 37.3 Å². The molecule has 0 bridgehead atoms. The maximum atomic E-state index is 5.80. The van der Waals surface area contributed by atoms with Crippen LogP contribution in [0.25, 0.3) is 11.5 Å². The summed E-state index contributed by atoms with van der Waals surface area (Å²) in [6.45, 7) is 3.55. The van der Waals surface area contributed by atoms with Crippen molar-refractivity contribution in [3.05, 3.63) is 60.5 Å². The van der Waals surface area contributed by atoms with Crippen LogP contribution in [0.1, 0.15) is 12.8 Å². The van der Waals surface area contributed by atoms with E-state index in [0.29, 0.717) is 18.3 Å². The maximum absolute atomic E-state index is 5.80. The number of anilines is 1. The van der Waals surface area contributed by atoms with Crippen LogP contribution in [0.3, 0.4) is 0 Å². The first-order valence-electron chi connectivity index (χ1n) is 7.57. The summed E-state index contributed by atoms with van der Waals surface area (Å²) in [4.78, 5) is 2.18. The Morgan fingerprint density at radius 2 is 1.87 bits per heavy atom. The molecule has 0 aliphatic carbocycles. The Morgan fingerprint density at radius 3 is 2.61 bits per heavy atom. The molecular weight excluding hydrogens is 290 g/mol. The minimum absolute atomic E-state index is 0.503. The van der Waals surface area contributed by atoms with E-state index in [1.54, 1.807) is 7.11 Å². The molecule has 3 aromatic rings. The highest BCUT2D eigenvalue weighted by atomic mass is 16.5. The Balaban J connectivity index is 1.78. The molecule has 0 atom stereocenters. The first-order chi connectivity index (χ1) is 11.3. The van der Waals surface area contributed by atoms with Gasteiger partial charge in [-0.25, -0.2) is 0 Å². The SMILES string of the molecule is CCN(Cc1nnc(-c2cccc(OC)c2)o1)c1ccccc1. The Kier molecular flexibility index (Phi) is 4.57. The fourth-order valence-corrected chi connectivity index (χ4v) is 2.38. The number of hydrogen-bond donors (Lipinski definition) is 0. The van der Waals surface area contributed by atoms with Crippen LogP contribution in [-0.4, -0.2) is 23.9 Å². The second-order valence-electron chi connectivity index (χ2n) is 5.08. The highest BCUT2D eigenvalue weighted by molar-refractivity contribution is 5.55. The molecule has 0 aliphatic heterocycles. The molecule has 0 fully saturated rings. The fourth-order valence-electron chi connectivity index (χ4n) is 2.38. The topological polar surface area (TPSA) is 51.4 Å². The lowest BCUT2D eigenvalue weighted by Gasteiger charge is -2.20. The van der Waals surface area contributed by atoms with E-state index in [1.807, 2.05) is 42.5 Å². The average Bonchev–Trinajstić information content (AvgIpc) is 3.09. The van der Waals surface area contributed by atoms with Crippen LogP contribution in [0.15, 0.2) is 59.0 Å². The van der Waals surface area contributed by atoms with Gasteiger partial charge in [0, 0.05) is 17.8 Å². The Hall–Kier alpha value is -2.82. The van der Waals surface area contributed by atoms with Gasteiger partial charge in [0.25, 0.3) is 0 Å². The van der Waals surface area contributed by atoms with Crippen molar-refractivity contribution < 1.29 is 9.15 Å². The van der Waals surface area contributed by atoms with E-state index in [2.05, 4.69) is 34.2 Å². The number of nitrogens with zero attached hydrogens (tertiary/aromatic N) is 3. The minimum atomic E-state index is 0.503. The first kappa shape index (κ1) is 15.1. The zero-order valence-electron chi connectivity index (χ0n) is 13.3. The molecule has 1 heterocycles. The average molecular weight is 309 g/mol. The zero-order chi connectivity index (χ0) is 16.1. The van der Waals surface area contributed by atoms with Crippen LogP contribution in [0, 0.1) is 0 Å². The Bertz CT molecular complexity index is 756. The molecule has 0 saturated carbocycles.